The van der Waals surface area contributed by atoms with Crippen LogP contribution in [0.5, 0.6) is 5.75 Å². The number of rotatable bonds is 4. The number of aliphatic hydroxyl groups is 1. The summed E-state index contributed by atoms with van der Waals surface area (Å²) >= 11 is 0. The number of aliphatic hydroxyl groups excluding tert-OH is 1. The van der Waals surface area contributed by atoms with Crippen LogP contribution >= 0.6 is 0 Å². The third-order valence-corrected chi connectivity index (χ3v) is 6.54. The largest absolute Gasteiger partial charge is 0.496 e. The van der Waals surface area contributed by atoms with Crippen LogP contribution in [-0.2, 0) is 24.1 Å². The Morgan fingerprint density at radius 2 is 2.00 bits per heavy atom. The van der Waals surface area contributed by atoms with Gasteiger partial charge >= 0.3 is 0 Å². The maximum absolute atomic E-state index is 10.2. The number of ether oxygens (including phenoxy) is 2. The summed E-state index contributed by atoms with van der Waals surface area (Å²) in [4.78, 5) is 2.51. The Labute approximate surface area is 144 Å². The SMILES string of the molecule is COc1cc2c(cc1CN1CC[C@]3(OC)CC[C@@H](O)C[C@H]13)CCC2. The van der Waals surface area contributed by atoms with E-state index in [9.17, 15) is 5.11 Å². The van der Waals surface area contributed by atoms with E-state index in [4.69, 9.17) is 9.47 Å². The second-order valence-corrected chi connectivity index (χ2v) is 7.72. The van der Waals surface area contributed by atoms with Gasteiger partial charge in [0.1, 0.15) is 5.75 Å². The first-order valence-corrected chi connectivity index (χ1v) is 9.31. The van der Waals surface area contributed by atoms with Crippen molar-refractivity contribution < 1.29 is 14.6 Å². The predicted molar refractivity (Wildman–Crippen MR) is 93.4 cm³/mol. The van der Waals surface area contributed by atoms with E-state index < -0.39 is 0 Å². The van der Waals surface area contributed by atoms with Gasteiger partial charge in [0, 0.05) is 31.8 Å². The zero-order valence-electron chi connectivity index (χ0n) is 14.9. The third-order valence-electron chi connectivity index (χ3n) is 6.54. The Balaban J connectivity index is 1.59. The number of fused-ring (bicyclic) bond motifs is 2. The lowest BCUT2D eigenvalue weighted by atomic mass is 9.79. The molecular weight excluding hydrogens is 302 g/mol. The first-order chi connectivity index (χ1) is 11.6. The Hall–Kier alpha value is -1.10. The molecule has 0 amide bonds. The molecule has 3 aliphatic rings. The summed E-state index contributed by atoms with van der Waals surface area (Å²) in [6, 6.07) is 4.91. The molecule has 1 aliphatic heterocycles. The van der Waals surface area contributed by atoms with Gasteiger partial charge in [-0.3, -0.25) is 4.90 Å². The van der Waals surface area contributed by atoms with Crippen molar-refractivity contribution in [3.8, 4) is 5.75 Å². The van der Waals surface area contributed by atoms with E-state index in [1.54, 1.807) is 7.11 Å². The fraction of sp³-hybridized carbons (Fsp3) is 0.700. The third kappa shape index (κ3) is 2.65. The van der Waals surface area contributed by atoms with Crippen molar-refractivity contribution in [3.63, 3.8) is 0 Å². The number of hydrogen-bond acceptors (Lipinski definition) is 4. The van der Waals surface area contributed by atoms with Gasteiger partial charge in [0.15, 0.2) is 0 Å². The van der Waals surface area contributed by atoms with Gasteiger partial charge in [0.25, 0.3) is 0 Å². The molecule has 1 saturated carbocycles. The highest BCUT2D eigenvalue weighted by molar-refractivity contribution is 5.45. The molecule has 24 heavy (non-hydrogen) atoms. The summed E-state index contributed by atoms with van der Waals surface area (Å²) in [7, 11) is 3.61. The van der Waals surface area contributed by atoms with Crippen LogP contribution < -0.4 is 4.74 Å². The number of benzene rings is 1. The fourth-order valence-electron chi connectivity index (χ4n) is 5.14. The highest BCUT2D eigenvalue weighted by Gasteiger charge is 2.50. The van der Waals surface area contributed by atoms with Gasteiger partial charge in [-0.25, -0.2) is 0 Å². The van der Waals surface area contributed by atoms with E-state index in [2.05, 4.69) is 17.0 Å². The highest BCUT2D eigenvalue weighted by atomic mass is 16.5. The molecule has 1 heterocycles. The van der Waals surface area contributed by atoms with Crippen molar-refractivity contribution in [1.29, 1.82) is 0 Å². The molecule has 132 valence electrons. The first-order valence-electron chi connectivity index (χ1n) is 9.31. The van der Waals surface area contributed by atoms with Crippen molar-refractivity contribution >= 4 is 0 Å². The van der Waals surface area contributed by atoms with Crippen LogP contribution in [0, 0.1) is 0 Å². The van der Waals surface area contributed by atoms with E-state index in [0.717, 1.165) is 44.5 Å². The Morgan fingerprint density at radius 1 is 1.21 bits per heavy atom. The maximum Gasteiger partial charge on any atom is 0.123 e. The smallest absolute Gasteiger partial charge is 0.123 e. The number of methoxy groups -OCH3 is 2. The van der Waals surface area contributed by atoms with Gasteiger partial charge in [-0.1, -0.05) is 6.07 Å². The zero-order valence-corrected chi connectivity index (χ0v) is 14.9. The summed E-state index contributed by atoms with van der Waals surface area (Å²) < 4.78 is 11.6. The molecule has 0 spiro atoms. The van der Waals surface area contributed by atoms with Crippen molar-refractivity contribution in [1.82, 2.24) is 4.90 Å². The molecule has 0 aromatic heterocycles. The molecule has 2 aliphatic carbocycles. The van der Waals surface area contributed by atoms with Crippen LogP contribution in [0.4, 0.5) is 0 Å². The summed E-state index contributed by atoms with van der Waals surface area (Å²) in [6.07, 6.45) is 7.14. The topological polar surface area (TPSA) is 41.9 Å². The summed E-state index contributed by atoms with van der Waals surface area (Å²) in [5.74, 6) is 1.02. The van der Waals surface area contributed by atoms with E-state index in [1.165, 1.54) is 36.0 Å². The zero-order chi connectivity index (χ0) is 16.7. The maximum atomic E-state index is 10.2. The lowest BCUT2D eigenvalue weighted by molar-refractivity contribution is -0.0879. The number of nitrogens with zero attached hydrogens (tertiary/aromatic N) is 1. The van der Waals surface area contributed by atoms with Gasteiger partial charge < -0.3 is 14.6 Å². The first kappa shape index (κ1) is 16.4. The average Bonchev–Trinajstić information content (AvgIpc) is 3.19. The van der Waals surface area contributed by atoms with E-state index in [-0.39, 0.29) is 11.7 Å². The predicted octanol–water partition coefficient (Wildman–Crippen LogP) is 2.69. The quantitative estimate of drug-likeness (QED) is 0.921. The molecule has 0 unspecified atom stereocenters. The van der Waals surface area contributed by atoms with Crippen LogP contribution in [0.25, 0.3) is 0 Å². The van der Waals surface area contributed by atoms with Crippen molar-refractivity contribution in [2.75, 3.05) is 20.8 Å². The summed E-state index contributed by atoms with van der Waals surface area (Å²) in [5, 5.41) is 10.2. The van der Waals surface area contributed by atoms with Gasteiger partial charge in [-0.15, -0.1) is 0 Å². The molecule has 2 fully saturated rings. The molecular formula is C20H29NO3. The van der Waals surface area contributed by atoms with Crippen molar-refractivity contribution in [3.05, 3.63) is 28.8 Å². The normalized spacial score (nSPS) is 32.6. The van der Waals surface area contributed by atoms with Gasteiger partial charge in [-0.05, 0) is 62.1 Å². The molecule has 1 N–H and O–H groups in total. The standard InChI is InChI=1S/C20H29NO3/c1-23-18-11-15-5-3-4-14(15)10-16(18)13-21-9-8-20(24-2)7-6-17(22)12-19(20)21/h10-11,17,19,22H,3-9,12-13H2,1-2H3/t17-,19+,20-/m1/s1. The van der Waals surface area contributed by atoms with Gasteiger partial charge in [0.2, 0.25) is 0 Å². The van der Waals surface area contributed by atoms with E-state index in [0.29, 0.717) is 6.04 Å². The lowest BCUT2D eigenvalue weighted by Crippen LogP contribution is -2.51. The molecule has 4 heteroatoms. The van der Waals surface area contributed by atoms with E-state index >= 15 is 0 Å². The molecule has 3 atom stereocenters. The highest BCUT2D eigenvalue weighted by Crippen LogP contribution is 2.43. The number of aryl methyl sites for hydroxylation is 2. The van der Waals surface area contributed by atoms with Crippen LogP contribution in [0.15, 0.2) is 12.1 Å². The van der Waals surface area contributed by atoms with Crippen LogP contribution in [-0.4, -0.2) is 48.5 Å². The number of hydrogen-bond donors (Lipinski definition) is 1. The van der Waals surface area contributed by atoms with Crippen LogP contribution in [0.3, 0.4) is 0 Å². The second kappa shape index (κ2) is 6.32. The minimum absolute atomic E-state index is 0.0663. The van der Waals surface area contributed by atoms with Crippen molar-refractivity contribution in [2.45, 2.75) is 69.2 Å². The monoisotopic (exact) mass is 331 g/mol. The summed E-state index contributed by atoms with van der Waals surface area (Å²) in [6.45, 7) is 1.92. The number of likely N-dealkylation sites (tertiary alicyclic amines) is 1. The Bertz CT molecular complexity index is 617. The minimum Gasteiger partial charge on any atom is -0.496 e. The van der Waals surface area contributed by atoms with Gasteiger partial charge in [0.05, 0.1) is 18.8 Å². The molecule has 0 radical (unpaired) electrons. The molecule has 1 aromatic carbocycles. The molecule has 1 saturated heterocycles. The lowest BCUT2D eigenvalue weighted by Gasteiger charge is -2.42. The molecule has 4 nitrogen and oxygen atoms in total. The van der Waals surface area contributed by atoms with E-state index in [1.807, 2.05) is 7.11 Å². The van der Waals surface area contributed by atoms with Crippen molar-refractivity contribution in [2.24, 2.45) is 0 Å². The Kier molecular flexibility index (Phi) is 4.31. The van der Waals surface area contributed by atoms with Crippen LogP contribution in [0.1, 0.15) is 48.8 Å². The molecule has 1 aromatic rings. The average molecular weight is 331 g/mol. The fourth-order valence-corrected chi connectivity index (χ4v) is 5.14. The minimum atomic E-state index is -0.194. The second-order valence-electron chi connectivity index (χ2n) is 7.72. The summed E-state index contributed by atoms with van der Waals surface area (Å²) in [5.41, 5.74) is 4.16. The molecule has 4 rings (SSSR count). The Morgan fingerprint density at radius 3 is 2.75 bits per heavy atom. The van der Waals surface area contributed by atoms with Gasteiger partial charge in [-0.2, -0.15) is 0 Å². The molecule has 0 bridgehead atoms. The van der Waals surface area contributed by atoms with Crippen LogP contribution in [0.2, 0.25) is 0 Å².